The zero-order valence-corrected chi connectivity index (χ0v) is 18.7. The second-order valence-corrected chi connectivity index (χ2v) is 8.78. The molecular formula is C22H25ClN2O4S. The number of carbonyl (C=O) groups excluding carboxylic acids is 3. The zero-order chi connectivity index (χ0) is 21.7. The molecule has 1 unspecified atom stereocenters. The van der Waals surface area contributed by atoms with Crippen LogP contribution in [-0.4, -0.2) is 60.9 Å². The maximum atomic E-state index is 12.8. The van der Waals surface area contributed by atoms with Crippen LogP contribution in [0, 0.1) is 5.92 Å². The summed E-state index contributed by atoms with van der Waals surface area (Å²) in [6.07, 6.45) is 1.47. The number of esters is 1. The molecule has 8 heteroatoms. The van der Waals surface area contributed by atoms with Gasteiger partial charge >= 0.3 is 5.97 Å². The van der Waals surface area contributed by atoms with Crippen molar-refractivity contribution in [2.75, 3.05) is 33.3 Å². The van der Waals surface area contributed by atoms with Gasteiger partial charge in [-0.1, -0.05) is 23.7 Å². The Bertz CT molecular complexity index is 912. The van der Waals surface area contributed by atoms with Crippen molar-refractivity contribution in [3.8, 4) is 10.4 Å². The first-order valence-corrected chi connectivity index (χ1v) is 11.1. The number of piperidine rings is 1. The van der Waals surface area contributed by atoms with Gasteiger partial charge in [0.2, 0.25) is 5.91 Å². The van der Waals surface area contributed by atoms with Gasteiger partial charge in [-0.05, 0) is 49.6 Å². The van der Waals surface area contributed by atoms with E-state index in [2.05, 4.69) is 0 Å². The van der Waals surface area contributed by atoms with Crippen molar-refractivity contribution in [2.24, 2.45) is 5.92 Å². The zero-order valence-electron chi connectivity index (χ0n) is 17.1. The summed E-state index contributed by atoms with van der Waals surface area (Å²) < 4.78 is 5.08. The van der Waals surface area contributed by atoms with Crippen LogP contribution < -0.4 is 0 Å². The predicted octanol–water partition coefficient (Wildman–Crippen LogP) is 3.94. The number of benzene rings is 1. The molecule has 2 amide bonds. The van der Waals surface area contributed by atoms with Crippen LogP contribution in [0.4, 0.5) is 0 Å². The maximum Gasteiger partial charge on any atom is 0.310 e. The Morgan fingerprint density at radius 2 is 1.93 bits per heavy atom. The van der Waals surface area contributed by atoms with E-state index in [0.717, 1.165) is 23.3 Å². The van der Waals surface area contributed by atoms with Gasteiger partial charge in [0.1, 0.15) is 0 Å². The topological polar surface area (TPSA) is 66.9 Å². The van der Waals surface area contributed by atoms with Crippen molar-refractivity contribution >= 4 is 40.7 Å². The summed E-state index contributed by atoms with van der Waals surface area (Å²) in [5.74, 6) is -0.905. The largest absolute Gasteiger partial charge is 0.466 e. The van der Waals surface area contributed by atoms with E-state index in [-0.39, 0.29) is 30.2 Å². The fourth-order valence-corrected chi connectivity index (χ4v) is 4.57. The minimum absolute atomic E-state index is 0.0252. The van der Waals surface area contributed by atoms with Crippen LogP contribution in [0.3, 0.4) is 0 Å². The third-order valence-electron chi connectivity index (χ3n) is 5.06. The highest BCUT2D eigenvalue weighted by Crippen LogP contribution is 2.29. The summed E-state index contributed by atoms with van der Waals surface area (Å²) in [7, 11) is 1.62. The van der Waals surface area contributed by atoms with Crippen molar-refractivity contribution < 1.29 is 19.1 Å². The molecule has 1 aromatic heterocycles. The standard InChI is InChI=1S/C22H25ClN2O4S/c1-3-29-22(28)16-5-4-12-25(13-16)20(26)14-24(2)21(27)19-11-10-18(30-19)15-6-8-17(23)9-7-15/h6-11,16H,3-5,12-14H2,1-2H3. The van der Waals surface area contributed by atoms with E-state index in [1.54, 1.807) is 24.9 Å². The molecule has 0 saturated carbocycles. The number of ether oxygens (including phenoxy) is 1. The molecule has 160 valence electrons. The Hall–Kier alpha value is -2.38. The lowest BCUT2D eigenvalue weighted by atomic mass is 9.98. The summed E-state index contributed by atoms with van der Waals surface area (Å²) >= 11 is 7.31. The summed E-state index contributed by atoms with van der Waals surface area (Å²) in [6.45, 7) is 3.02. The molecule has 0 bridgehead atoms. The summed E-state index contributed by atoms with van der Waals surface area (Å²) in [5.41, 5.74) is 0.987. The predicted molar refractivity (Wildman–Crippen MR) is 118 cm³/mol. The average Bonchev–Trinajstić information content (AvgIpc) is 3.24. The lowest BCUT2D eigenvalue weighted by Crippen LogP contribution is -2.47. The summed E-state index contributed by atoms with van der Waals surface area (Å²) in [6, 6.07) is 11.1. The number of likely N-dealkylation sites (tertiary alicyclic amines) is 1. The first-order chi connectivity index (χ1) is 14.4. The van der Waals surface area contributed by atoms with Crippen LogP contribution in [0.1, 0.15) is 29.4 Å². The van der Waals surface area contributed by atoms with Crippen molar-refractivity contribution in [3.63, 3.8) is 0 Å². The Morgan fingerprint density at radius 1 is 1.20 bits per heavy atom. The molecule has 1 atom stereocenters. The van der Waals surface area contributed by atoms with Gasteiger partial charge in [-0.15, -0.1) is 11.3 Å². The number of amides is 2. The minimum atomic E-state index is -0.289. The highest BCUT2D eigenvalue weighted by atomic mass is 35.5. The van der Waals surface area contributed by atoms with Crippen LogP contribution in [0.2, 0.25) is 5.02 Å². The van der Waals surface area contributed by atoms with Gasteiger partial charge < -0.3 is 14.5 Å². The van der Waals surface area contributed by atoms with E-state index in [0.29, 0.717) is 29.6 Å². The number of rotatable bonds is 6. The molecule has 1 aliphatic heterocycles. The van der Waals surface area contributed by atoms with Crippen LogP contribution >= 0.6 is 22.9 Å². The van der Waals surface area contributed by atoms with Gasteiger partial charge in [0, 0.05) is 30.0 Å². The third-order valence-corrected chi connectivity index (χ3v) is 6.43. The van der Waals surface area contributed by atoms with Crippen molar-refractivity contribution in [1.82, 2.24) is 9.80 Å². The Labute approximate surface area is 185 Å². The van der Waals surface area contributed by atoms with Crippen molar-refractivity contribution in [2.45, 2.75) is 19.8 Å². The molecular weight excluding hydrogens is 424 g/mol. The van der Waals surface area contributed by atoms with E-state index >= 15 is 0 Å². The molecule has 2 aromatic rings. The fourth-order valence-electron chi connectivity index (χ4n) is 3.44. The average molecular weight is 449 g/mol. The van der Waals surface area contributed by atoms with Crippen LogP contribution in [0.25, 0.3) is 10.4 Å². The number of thiophene rings is 1. The lowest BCUT2D eigenvalue weighted by molar-refractivity contribution is -0.151. The summed E-state index contributed by atoms with van der Waals surface area (Å²) in [5, 5.41) is 0.660. The Morgan fingerprint density at radius 3 is 2.63 bits per heavy atom. The molecule has 3 rings (SSSR count). The van der Waals surface area contributed by atoms with Gasteiger partial charge in [-0.25, -0.2) is 0 Å². The normalized spacial score (nSPS) is 16.2. The number of hydrogen-bond acceptors (Lipinski definition) is 5. The van der Waals surface area contributed by atoms with E-state index in [1.165, 1.54) is 16.2 Å². The maximum absolute atomic E-state index is 12.8. The molecule has 0 aliphatic carbocycles. The highest BCUT2D eigenvalue weighted by Gasteiger charge is 2.30. The number of likely N-dealkylation sites (N-methyl/N-ethyl adjacent to an activating group) is 1. The minimum Gasteiger partial charge on any atom is -0.466 e. The van der Waals surface area contributed by atoms with Gasteiger partial charge in [0.05, 0.1) is 23.9 Å². The van der Waals surface area contributed by atoms with E-state index in [9.17, 15) is 14.4 Å². The van der Waals surface area contributed by atoms with Crippen molar-refractivity contribution in [1.29, 1.82) is 0 Å². The molecule has 1 fully saturated rings. The third kappa shape index (κ3) is 5.40. The quantitative estimate of drug-likeness (QED) is 0.628. The SMILES string of the molecule is CCOC(=O)C1CCCN(C(=O)CN(C)C(=O)c2ccc(-c3ccc(Cl)cc3)s2)C1. The van der Waals surface area contributed by atoms with E-state index in [1.807, 2.05) is 30.3 Å². The van der Waals surface area contributed by atoms with Gasteiger partial charge in [0.25, 0.3) is 5.91 Å². The second kappa shape index (κ2) is 10.1. The molecule has 6 nitrogen and oxygen atoms in total. The first kappa shape index (κ1) is 22.3. The number of halogens is 1. The molecule has 1 saturated heterocycles. The highest BCUT2D eigenvalue weighted by molar-refractivity contribution is 7.17. The van der Waals surface area contributed by atoms with E-state index in [4.69, 9.17) is 16.3 Å². The van der Waals surface area contributed by atoms with Crippen LogP contribution in [0.15, 0.2) is 36.4 Å². The molecule has 1 aromatic carbocycles. The number of hydrogen-bond donors (Lipinski definition) is 0. The summed E-state index contributed by atoms with van der Waals surface area (Å²) in [4.78, 5) is 42.1. The van der Waals surface area contributed by atoms with Gasteiger partial charge in [-0.2, -0.15) is 0 Å². The Balaban J connectivity index is 1.59. The first-order valence-electron chi connectivity index (χ1n) is 9.94. The van der Waals surface area contributed by atoms with Gasteiger partial charge in [-0.3, -0.25) is 14.4 Å². The fraction of sp³-hybridized carbons (Fsp3) is 0.409. The molecule has 30 heavy (non-hydrogen) atoms. The van der Waals surface area contributed by atoms with Crippen LogP contribution in [-0.2, 0) is 14.3 Å². The molecule has 2 heterocycles. The van der Waals surface area contributed by atoms with Gasteiger partial charge in [0.15, 0.2) is 0 Å². The number of carbonyl (C=O) groups is 3. The number of nitrogens with zero attached hydrogens (tertiary/aromatic N) is 2. The Kier molecular flexibility index (Phi) is 7.50. The molecule has 1 aliphatic rings. The molecule has 0 radical (unpaired) electrons. The van der Waals surface area contributed by atoms with E-state index < -0.39 is 0 Å². The van der Waals surface area contributed by atoms with Crippen molar-refractivity contribution in [3.05, 3.63) is 46.3 Å². The monoisotopic (exact) mass is 448 g/mol. The second-order valence-electron chi connectivity index (χ2n) is 7.26. The molecule has 0 N–H and O–H groups in total. The molecule has 0 spiro atoms. The lowest BCUT2D eigenvalue weighted by Gasteiger charge is -2.32. The van der Waals surface area contributed by atoms with Crippen LogP contribution in [0.5, 0.6) is 0 Å². The smallest absolute Gasteiger partial charge is 0.310 e.